The highest BCUT2D eigenvalue weighted by molar-refractivity contribution is 6.30. The van der Waals surface area contributed by atoms with E-state index in [4.69, 9.17) is 11.6 Å². The van der Waals surface area contributed by atoms with Crippen molar-refractivity contribution in [3.8, 4) is 5.75 Å². The third kappa shape index (κ3) is 6.53. The number of hydrogen-bond acceptors (Lipinski definition) is 3. The monoisotopic (exact) mass is 582 g/mol. The van der Waals surface area contributed by atoms with E-state index in [0.29, 0.717) is 23.8 Å². The first-order valence-electron chi connectivity index (χ1n) is 11.5. The maximum absolute atomic E-state index is 14.8. The summed E-state index contributed by atoms with van der Waals surface area (Å²) in [5, 5.41) is 2.80. The quantitative estimate of drug-likeness (QED) is 0.218. The van der Waals surface area contributed by atoms with E-state index in [9.17, 15) is 35.5 Å². The van der Waals surface area contributed by atoms with Crippen molar-refractivity contribution in [2.45, 2.75) is 24.7 Å². The fourth-order valence-corrected chi connectivity index (χ4v) is 4.29. The molecule has 0 bridgehead atoms. The Morgan fingerprint density at radius 2 is 1.68 bits per heavy atom. The maximum atomic E-state index is 14.8. The van der Waals surface area contributed by atoms with E-state index in [-0.39, 0.29) is 22.7 Å². The molecule has 12 heteroatoms. The number of nitrogens with one attached hydrogen (secondary N) is 1. The summed E-state index contributed by atoms with van der Waals surface area (Å²) in [4.78, 5) is 17.8. The van der Waals surface area contributed by atoms with Crippen molar-refractivity contribution in [3.05, 3.63) is 130 Å². The van der Waals surface area contributed by atoms with Gasteiger partial charge >= 0.3 is 12.8 Å². The van der Waals surface area contributed by atoms with Crippen LogP contribution >= 0.6 is 11.6 Å². The number of carbonyl (C=O) groups is 1. The second-order valence-corrected chi connectivity index (χ2v) is 9.07. The number of aromatic nitrogens is 1. The van der Waals surface area contributed by atoms with Gasteiger partial charge in [0.2, 0.25) is 0 Å². The van der Waals surface area contributed by atoms with Crippen molar-refractivity contribution >= 4 is 17.5 Å². The molecule has 3 aromatic carbocycles. The molecule has 0 aliphatic heterocycles. The van der Waals surface area contributed by atoms with Crippen molar-refractivity contribution in [1.29, 1.82) is 0 Å². The van der Waals surface area contributed by atoms with Gasteiger partial charge in [-0.25, -0.2) is 8.78 Å². The largest absolute Gasteiger partial charge is 0.435 e. The van der Waals surface area contributed by atoms with Gasteiger partial charge in [0.15, 0.2) is 0 Å². The number of ether oxygens (including phenoxy) is 1. The summed E-state index contributed by atoms with van der Waals surface area (Å²) >= 11 is 6.00. The summed E-state index contributed by atoms with van der Waals surface area (Å²) in [5.74, 6) is -4.28. The number of rotatable bonds is 8. The molecule has 0 unspecified atom stereocenters. The Labute approximate surface area is 228 Å². The molecule has 4 aromatic rings. The van der Waals surface area contributed by atoms with E-state index < -0.39 is 52.7 Å². The molecule has 40 heavy (non-hydrogen) atoms. The molecule has 1 atom stereocenters. The van der Waals surface area contributed by atoms with E-state index in [1.165, 1.54) is 18.3 Å². The van der Waals surface area contributed by atoms with Crippen LogP contribution in [0.2, 0.25) is 5.02 Å². The van der Waals surface area contributed by atoms with Crippen LogP contribution < -0.4 is 10.1 Å². The molecule has 0 fully saturated rings. The molecule has 1 aromatic heterocycles. The Morgan fingerprint density at radius 3 is 2.30 bits per heavy atom. The van der Waals surface area contributed by atoms with Gasteiger partial charge in [-0.1, -0.05) is 41.9 Å². The lowest BCUT2D eigenvalue weighted by Crippen LogP contribution is -2.49. The van der Waals surface area contributed by atoms with Gasteiger partial charge in [0.1, 0.15) is 22.9 Å². The summed E-state index contributed by atoms with van der Waals surface area (Å²) in [5.41, 5.74) is -3.63. The SMILES string of the molecule is O=C(N[C@@](Cc1ccccc1)(c1cc(F)cc(OC(F)F)c1)c1ccc(Cl)cn1)c1ccc(F)c(C(F)(F)F)c1. The van der Waals surface area contributed by atoms with Crippen LogP contribution in [0.15, 0.2) is 85.1 Å². The lowest BCUT2D eigenvalue weighted by Gasteiger charge is -2.36. The van der Waals surface area contributed by atoms with Gasteiger partial charge in [-0.2, -0.15) is 22.0 Å². The number of carbonyl (C=O) groups excluding carboxylic acids is 1. The fraction of sp³-hybridized carbons (Fsp3) is 0.143. The zero-order chi connectivity index (χ0) is 29.1. The van der Waals surface area contributed by atoms with Crippen LogP contribution in [-0.4, -0.2) is 17.5 Å². The minimum absolute atomic E-state index is 0.0425. The normalized spacial score (nSPS) is 13.1. The molecule has 0 saturated heterocycles. The fourth-order valence-electron chi connectivity index (χ4n) is 4.18. The highest BCUT2D eigenvalue weighted by Gasteiger charge is 2.40. The lowest BCUT2D eigenvalue weighted by molar-refractivity contribution is -0.140. The van der Waals surface area contributed by atoms with E-state index in [0.717, 1.165) is 18.2 Å². The first-order chi connectivity index (χ1) is 18.9. The van der Waals surface area contributed by atoms with Crippen LogP contribution in [0.3, 0.4) is 0 Å². The smallest absolute Gasteiger partial charge is 0.419 e. The van der Waals surface area contributed by atoms with Gasteiger partial charge in [-0.15, -0.1) is 0 Å². The zero-order valence-electron chi connectivity index (χ0n) is 20.2. The van der Waals surface area contributed by atoms with Gasteiger partial charge in [0, 0.05) is 24.2 Å². The third-order valence-electron chi connectivity index (χ3n) is 5.93. The second kappa shape index (κ2) is 11.5. The summed E-state index contributed by atoms with van der Waals surface area (Å²) in [7, 11) is 0. The molecule has 1 amide bonds. The van der Waals surface area contributed by atoms with Crippen LogP contribution in [0.4, 0.5) is 30.7 Å². The summed E-state index contributed by atoms with van der Waals surface area (Å²) in [6, 6.07) is 15.5. The van der Waals surface area contributed by atoms with Crippen LogP contribution in [0.5, 0.6) is 5.75 Å². The van der Waals surface area contributed by atoms with Crippen LogP contribution in [-0.2, 0) is 18.1 Å². The molecular weight excluding hydrogens is 565 g/mol. The number of alkyl halides is 5. The van der Waals surface area contributed by atoms with Crippen LogP contribution in [0.25, 0.3) is 0 Å². The minimum atomic E-state index is -5.09. The number of nitrogens with zero attached hydrogens (tertiary/aromatic N) is 1. The van der Waals surface area contributed by atoms with Gasteiger partial charge in [0.05, 0.1) is 16.3 Å². The summed E-state index contributed by atoms with van der Waals surface area (Å²) in [6.45, 7) is -3.30. The van der Waals surface area contributed by atoms with E-state index in [2.05, 4.69) is 15.0 Å². The first-order valence-corrected chi connectivity index (χ1v) is 11.9. The number of pyridine rings is 1. The minimum Gasteiger partial charge on any atom is -0.435 e. The van der Waals surface area contributed by atoms with Gasteiger partial charge in [-0.3, -0.25) is 9.78 Å². The highest BCUT2D eigenvalue weighted by Crippen LogP contribution is 2.37. The second-order valence-electron chi connectivity index (χ2n) is 8.63. The van der Waals surface area contributed by atoms with Crippen LogP contribution in [0, 0.1) is 11.6 Å². The Bertz CT molecular complexity index is 1500. The van der Waals surface area contributed by atoms with Crippen molar-refractivity contribution < 1.29 is 40.3 Å². The van der Waals surface area contributed by atoms with Crippen molar-refractivity contribution in [3.63, 3.8) is 0 Å². The third-order valence-corrected chi connectivity index (χ3v) is 6.15. The lowest BCUT2D eigenvalue weighted by atomic mass is 9.80. The Morgan fingerprint density at radius 1 is 0.950 bits per heavy atom. The highest BCUT2D eigenvalue weighted by atomic mass is 35.5. The van der Waals surface area contributed by atoms with Crippen molar-refractivity contribution in [2.75, 3.05) is 0 Å². The number of amides is 1. The standard InChI is InChI=1S/C28H18ClF7N2O2/c29-19-7-9-24(37-15-19)27(14-16-4-2-1-3-5-16,18-11-20(30)13-21(12-18)40-26(32)33)38-25(39)17-6-8-23(31)22(10-17)28(34,35)36/h1-13,15,26H,14H2,(H,38,39)/t27-/m0/s1. The van der Waals surface area contributed by atoms with Gasteiger partial charge < -0.3 is 10.1 Å². The number of benzene rings is 3. The Kier molecular flexibility index (Phi) is 8.34. The number of hydrogen-bond donors (Lipinski definition) is 1. The first kappa shape index (κ1) is 28.9. The van der Waals surface area contributed by atoms with E-state index in [1.807, 2.05) is 0 Å². The van der Waals surface area contributed by atoms with Crippen molar-refractivity contribution in [2.24, 2.45) is 0 Å². The molecule has 0 spiro atoms. The molecule has 4 nitrogen and oxygen atoms in total. The maximum Gasteiger partial charge on any atom is 0.419 e. The molecule has 0 saturated carbocycles. The van der Waals surface area contributed by atoms with E-state index >= 15 is 0 Å². The summed E-state index contributed by atoms with van der Waals surface area (Å²) < 4.78 is 99.3. The molecule has 0 aliphatic carbocycles. The van der Waals surface area contributed by atoms with Crippen molar-refractivity contribution in [1.82, 2.24) is 10.3 Å². The molecule has 4 rings (SSSR count). The predicted molar refractivity (Wildman–Crippen MR) is 132 cm³/mol. The molecule has 208 valence electrons. The van der Waals surface area contributed by atoms with E-state index in [1.54, 1.807) is 30.3 Å². The molecule has 1 N–H and O–H groups in total. The molecule has 1 heterocycles. The predicted octanol–water partition coefficient (Wildman–Crippen LogP) is 7.55. The average molecular weight is 583 g/mol. The zero-order valence-corrected chi connectivity index (χ0v) is 20.9. The molecule has 0 aliphatic rings. The van der Waals surface area contributed by atoms with Gasteiger partial charge in [-0.05, 0) is 53.6 Å². The summed E-state index contributed by atoms with van der Waals surface area (Å²) in [6.07, 6.45) is -4.04. The Balaban J connectivity index is 1.95. The topological polar surface area (TPSA) is 51.2 Å². The number of halogens is 8. The molecule has 0 radical (unpaired) electrons. The van der Waals surface area contributed by atoms with Crippen LogP contribution in [0.1, 0.15) is 32.7 Å². The Hall–Kier alpha value is -4.12. The molecular formula is C28H18ClF7N2O2. The van der Waals surface area contributed by atoms with Gasteiger partial charge in [0.25, 0.3) is 5.91 Å². The average Bonchev–Trinajstić information content (AvgIpc) is 2.88.